The Morgan fingerprint density at radius 1 is 1.13 bits per heavy atom. The number of nitrogens with zero attached hydrogens (tertiary/aromatic N) is 1. The molecule has 1 N–H and O–H groups in total. The van der Waals surface area contributed by atoms with Gasteiger partial charge < -0.3 is 4.90 Å². The zero-order valence-electron chi connectivity index (χ0n) is 17.4. The van der Waals surface area contributed by atoms with Crippen LogP contribution in [0.4, 0.5) is 8.78 Å². The normalized spacial score (nSPS) is 23.6. The van der Waals surface area contributed by atoms with Gasteiger partial charge in [-0.25, -0.2) is 21.9 Å². The Bertz CT molecular complexity index is 1070. The van der Waals surface area contributed by atoms with Crippen LogP contribution in [0.3, 0.4) is 0 Å². The highest BCUT2D eigenvalue weighted by molar-refractivity contribution is 7.89. The molecule has 2 unspecified atom stereocenters. The average Bonchev–Trinajstić information content (AvgIpc) is 3.54. The van der Waals surface area contributed by atoms with Crippen molar-refractivity contribution in [2.75, 3.05) is 18.8 Å². The molecular weight excluding hydrogens is 422 g/mol. The molecule has 166 valence electrons. The number of amides is 1. The number of hydrogen-bond acceptors (Lipinski definition) is 3. The minimum atomic E-state index is -3.33. The molecule has 2 fully saturated rings. The van der Waals surface area contributed by atoms with Gasteiger partial charge in [0.05, 0.1) is 11.3 Å². The van der Waals surface area contributed by atoms with Gasteiger partial charge in [-0.2, -0.15) is 0 Å². The third-order valence-electron chi connectivity index (χ3n) is 6.16. The summed E-state index contributed by atoms with van der Waals surface area (Å²) in [5.41, 5.74) is 1.18. The van der Waals surface area contributed by atoms with Crippen LogP contribution >= 0.6 is 0 Å². The van der Waals surface area contributed by atoms with E-state index in [9.17, 15) is 22.0 Å². The van der Waals surface area contributed by atoms with E-state index in [1.807, 2.05) is 12.1 Å². The molecular formula is C23H26F2N2O3S. The molecule has 3 atom stereocenters. The molecule has 31 heavy (non-hydrogen) atoms. The van der Waals surface area contributed by atoms with Gasteiger partial charge in [0.2, 0.25) is 15.9 Å². The summed E-state index contributed by atoms with van der Waals surface area (Å²) < 4.78 is 55.2. The monoisotopic (exact) mass is 448 g/mol. The van der Waals surface area contributed by atoms with Gasteiger partial charge in [0.1, 0.15) is 11.6 Å². The molecule has 2 aromatic carbocycles. The van der Waals surface area contributed by atoms with E-state index in [1.54, 1.807) is 24.0 Å². The van der Waals surface area contributed by atoms with Crippen LogP contribution in [0.2, 0.25) is 0 Å². The van der Waals surface area contributed by atoms with E-state index >= 15 is 0 Å². The maximum Gasteiger partial charge on any atom is 0.226 e. The summed E-state index contributed by atoms with van der Waals surface area (Å²) in [5, 5.41) is 0. The second-order valence-electron chi connectivity index (χ2n) is 8.28. The van der Waals surface area contributed by atoms with Crippen LogP contribution in [-0.4, -0.2) is 44.1 Å². The van der Waals surface area contributed by atoms with Gasteiger partial charge in [0.25, 0.3) is 0 Å². The Morgan fingerprint density at radius 2 is 1.84 bits per heavy atom. The van der Waals surface area contributed by atoms with Crippen molar-refractivity contribution in [2.45, 2.75) is 38.1 Å². The second-order valence-corrected chi connectivity index (χ2v) is 10.3. The fourth-order valence-electron chi connectivity index (χ4n) is 4.46. The van der Waals surface area contributed by atoms with Crippen molar-refractivity contribution in [3.8, 4) is 11.1 Å². The van der Waals surface area contributed by atoms with Gasteiger partial charge >= 0.3 is 0 Å². The van der Waals surface area contributed by atoms with Crippen LogP contribution < -0.4 is 4.72 Å². The topological polar surface area (TPSA) is 66.5 Å². The Labute approximate surface area is 181 Å². The highest BCUT2D eigenvalue weighted by Gasteiger charge is 2.47. The number of sulfonamides is 1. The molecule has 0 radical (unpaired) electrons. The maximum absolute atomic E-state index is 14.4. The third-order valence-corrected chi connectivity index (χ3v) is 7.61. The zero-order chi connectivity index (χ0) is 22.2. The number of piperidine rings is 1. The Kier molecular flexibility index (Phi) is 6.12. The SMILES string of the molecule is CCS(=O)(=O)N[C@H]1CCCN(C(=O)C2CC2c2ccccc2-c2c(F)cccc2F)C1. The molecule has 4 rings (SSSR count). The van der Waals surface area contributed by atoms with E-state index in [4.69, 9.17) is 0 Å². The number of likely N-dealkylation sites (tertiary alicyclic amines) is 1. The molecule has 1 heterocycles. The van der Waals surface area contributed by atoms with Gasteiger partial charge in [-0.05, 0) is 55.4 Å². The first-order valence-corrected chi connectivity index (χ1v) is 12.3. The van der Waals surface area contributed by atoms with Crippen molar-refractivity contribution in [2.24, 2.45) is 5.92 Å². The fourth-order valence-corrected chi connectivity index (χ4v) is 5.33. The van der Waals surface area contributed by atoms with Gasteiger partial charge in [0.15, 0.2) is 0 Å². The molecule has 1 aliphatic carbocycles. The molecule has 2 aromatic rings. The van der Waals surface area contributed by atoms with Crippen molar-refractivity contribution < 1.29 is 22.0 Å². The van der Waals surface area contributed by atoms with Crippen molar-refractivity contribution >= 4 is 15.9 Å². The van der Waals surface area contributed by atoms with Gasteiger partial charge in [-0.1, -0.05) is 30.3 Å². The quantitative estimate of drug-likeness (QED) is 0.733. The van der Waals surface area contributed by atoms with Crippen LogP contribution in [0.1, 0.15) is 37.7 Å². The van der Waals surface area contributed by atoms with Crippen molar-refractivity contribution in [1.82, 2.24) is 9.62 Å². The van der Waals surface area contributed by atoms with E-state index in [-0.39, 0.29) is 35.1 Å². The zero-order valence-corrected chi connectivity index (χ0v) is 18.2. The molecule has 0 bridgehead atoms. The number of carbonyl (C=O) groups is 1. The van der Waals surface area contributed by atoms with Crippen molar-refractivity contribution in [1.29, 1.82) is 0 Å². The molecule has 5 nitrogen and oxygen atoms in total. The first kappa shape index (κ1) is 21.9. The molecule has 1 amide bonds. The Morgan fingerprint density at radius 3 is 2.55 bits per heavy atom. The lowest BCUT2D eigenvalue weighted by molar-refractivity contribution is -0.133. The van der Waals surface area contributed by atoms with Gasteiger partial charge in [-0.3, -0.25) is 4.79 Å². The van der Waals surface area contributed by atoms with Crippen molar-refractivity contribution in [3.63, 3.8) is 0 Å². The largest absolute Gasteiger partial charge is 0.341 e. The number of halogens is 2. The van der Waals surface area contributed by atoms with E-state index in [1.165, 1.54) is 18.2 Å². The minimum Gasteiger partial charge on any atom is -0.341 e. The predicted molar refractivity (Wildman–Crippen MR) is 115 cm³/mol. The number of benzene rings is 2. The summed E-state index contributed by atoms with van der Waals surface area (Å²) in [6, 6.07) is 10.6. The number of nitrogens with one attached hydrogen (secondary N) is 1. The van der Waals surface area contributed by atoms with Crippen LogP contribution in [0.25, 0.3) is 11.1 Å². The lowest BCUT2D eigenvalue weighted by Gasteiger charge is -2.33. The van der Waals surface area contributed by atoms with Crippen LogP contribution in [0, 0.1) is 17.6 Å². The minimum absolute atomic E-state index is 0.00549. The predicted octanol–water partition coefficient (Wildman–Crippen LogP) is 3.67. The fraction of sp³-hybridized carbons (Fsp3) is 0.435. The first-order valence-electron chi connectivity index (χ1n) is 10.6. The van der Waals surface area contributed by atoms with E-state index in [0.29, 0.717) is 31.5 Å². The Balaban J connectivity index is 1.50. The molecule has 0 spiro atoms. The van der Waals surface area contributed by atoms with Crippen LogP contribution in [0.15, 0.2) is 42.5 Å². The highest BCUT2D eigenvalue weighted by Crippen LogP contribution is 2.51. The highest BCUT2D eigenvalue weighted by atomic mass is 32.2. The Hall–Kier alpha value is -2.32. The number of carbonyl (C=O) groups excluding carboxylic acids is 1. The smallest absolute Gasteiger partial charge is 0.226 e. The molecule has 8 heteroatoms. The molecule has 1 saturated heterocycles. The lowest BCUT2D eigenvalue weighted by Crippen LogP contribution is -2.50. The van der Waals surface area contributed by atoms with E-state index < -0.39 is 21.7 Å². The summed E-state index contributed by atoms with van der Waals surface area (Å²) in [5.74, 6) is -1.62. The number of rotatable bonds is 6. The molecule has 0 aromatic heterocycles. The van der Waals surface area contributed by atoms with E-state index in [2.05, 4.69) is 4.72 Å². The summed E-state index contributed by atoms with van der Waals surface area (Å²) in [6.45, 7) is 2.53. The van der Waals surface area contributed by atoms with E-state index in [0.717, 1.165) is 12.0 Å². The summed E-state index contributed by atoms with van der Waals surface area (Å²) >= 11 is 0. The van der Waals surface area contributed by atoms with Gasteiger partial charge in [0, 0.05) is 25.0 Å². The van der Waals surface area contributed by atoms with Crippen LogP contribution in [0.5, 0.6) is 0 Å². The summed E-state index contributed by atoms with van der Waals surface area (Å²) in [4.78, 5) is 14.8. The first-order chi connectivity index (χ1) is 14.8. The van der Waals surface area contributed by atoms with Crippen molar-refractivity contribution in [3.05, 3.63) is 59.7 Å². The standard InChI is InChI=1S/C23H26F2N2O3S/c1-2-31(29,30)26-15-7-6-12-27(14-15)23(28)19-13-18(19)16-8-3-4-9-17(16)22-20(24)10-5-11-21(22)25/h3-5,8-11,15,18-19,26H,2,6-7,12-14H2,1H3/t15-,18?,19?/m0/s1. The second kappa shape index (κ2) is 8.67. The van der Waals surface area contributed by atoms with Crippen LogP contribution in [-0.2, 0) is 14.8 Å². The molecule has 1 aliphatic heterocycles. The number of hydrogen-bond donors (Lipinski definition) is 1. The van der Waals surface area contributed by atoms with Gasteiger partial charge in [-0.15, -0.1) is 0 Å². The molecule has 2 aliphatic rings. The lowest BCUT2D eigenvalue weighted by atomic mass is 9.95. The maximum atomic E-state index is 14.4. The summed E-state index contributed by atoms with van der Waals surface area (Å²) in [7, 11) is -3.33. The summed E-state index contributed by atoms with van der Waals surface area (Å²) in [6.07, 6.45) is 2.05. The third kappa shape index (κ3) is 4.65. The average molecular weight is 449 g/mol. The molecule has 1 saturated carbocycles.